The fraction of sp³-hybridized carbons (Fsp3) is 0.619. The van der Waals surface area contributed by atoms with Crippen molar-refractivity contribution in [3.63, 3.8) is 0 Å². The zero-order valence-electron chi connectivity index (χ0n) is 16.5. The third kappa shape index (κ3) is 12.4. The minimum Gasteiger partial charge on any atom is -0.464 e. The molecule has 27 heavy (non-hydrogen) atoms. The van der Waals surface area contributed by atoms with Gasteiger partial charge in [-0.2, -0.15) is 0 Å². The lowest BCUT2D eigenvalue weighted by atomic mass is 10.1. The van der Waals surface area contributed by atoms with Crippen LogP contribution in [0.3, 0.4) is 0 Å². The van der Waals surface area contributed by atoms with E-state index in [0.29, 0.717) is 13.0 Å². The van der Waals surface area contributed by atoms with Crippen LogP contribution in [0.1, 0.15) is 63.9 Å². The molecule has 1 atom stereocenters. The number of hydrogen-bond donors (Lipinski definition) is 2. The smallest absolute Gasteiger partial charge is 0.328 e. The summed E-state index contributed by atoms with van der Waals surface area (Å²) in [5, 5.41) is 2.66. The highest BCUT2D eigenvalue weighted by molar-refractivity contribution is 5.85. The number of benzene rings is 1. The van der Waals surface area contributed by atoms with Gasteiger partial charge < -0.3 is 15.8 Å². The number of nitrogens with one attached hydrogen (secondary N) is 1. The molecule has 0 aliphatic rings. The van der Waals surface area contributed by atoms with Crippen molar-refractivity contribution in [2.45, 2.75) is 70.8 Å². The summed E-state index contributed by atoms with van der Waals surface area (Å²) >= 11 is 0. The lowest BCUT2D eigenvalue weighted by molar-refractivity contribution is -0.147. The number of unbranched alkanes of at least 4 members (excludes halogenated alkanes) is 7. The number of hydrogen-bond acceptors (Lipinski definition) is 4. The molecule has 0 bridgehead atoms. The maximum Gasteiger partial charge on any atom is 0.328 e. The van der Waals surface area contributed by atoms with E-state index in [4.69, 9.17) is 10.5 Å². The molecular weight excluding hydrogens is 364 g/mol. The molecule has 5 nitrogen and oxygen atoms in total. The number of esters is 1. The van der Waals surface area contributed by atoms with Crippen molar-refractivity contribution >= 4 is 24.3 Å². The van der Waals surface area contributed by atoms with Crippen LogP contribution in [0.4, 0.5) is 0 Å². The van der Waals surface area contributed by atoms with Gasteiger partial charge in [0.2, 0.25) is 5.91 Å². The molecule has 0 unspecified atom stereocenters. The lowest BCUT2D eigenvalue weighted by Gasteiger charge is -2.17. The summed E-state index contributed by atoms with van der Waals surface area (Å²) in [7, 11) is 0. The van der Waals surface area contributed by atoms with E-state index in [1.807, 2.05) is 30.3 Å². The summed E-state index contributed by atoms with van der Waals surface area (Å²) in [4.78, 5) is 23.9. The predicted octanol–water partition coefficient (Wildman–Crippen LogP) is 3.78. The zero-order valence-corrected chi connectivity index (χ0v) is 17.3. The number of nitrogens with two attached hydrogens (primary N) is 1. The van der Waals surface area contributed by atoms with Crippen LogP contribution in [0.2, 0.25) is 0 Å². The first-order chi connectivity index (χ1) is 12.7. The topological polar surface area (TPSA) is 81.4 Å². The van der Waals surface area contributed by atoms with Gasteiger partial charge in [0, 0.05) is 6.42 Å². The molecule has 0 radical (unpaired) electrons. The number of amides is 1. The highest BCUT2D eigenvalue weighted by Gasteiger charge is 2.22. The largest absolute Gasteiger partial charge is 0.464 e. The van der Waals surface area contributed by atoms with Crippen molar-refractivity contribution in [3.05, 3.63) is 35.9 Å². The molecule has 0 heterocycles. The number of ether oxygens (including phenoxy) is 1. The Labute approximate surface area is 169 Å². The van der Waals surface area contributed by atoms with Gasteiger partial charge in [-0.25, -0.2) is 4.79 Å². The summed E-state index contributed by atoms with van der Waals surface area (Å²) in [6.45, 7) is 2.48. The van der Waals surface area contributed by atoms with Gasteiger partial charge >= 0.3 is 5.97 Å². The SMILES string of the molecule is CCCCCCCCCCOC(=O)[C@H](Cc1ccccc1)NC(=O)CN.Cl. The number of rotatable bonds is 14. The van der Waals surface area contributed by atoms with Gasteiger partial charge in [0.05, 0.1) is 13.2 Å². The molecule has 0 aromatic heterocycles. The summed E-state index contributed by atoms with van der Waals surface area (Å²) < 4.78 is 5.37. The van der Waals surface area contributed by atoms with E-state index in [1.54, 1.807) is 0 Å². The molecule has 0 fully saturated rings. The van der Waals surface area contributed by atoms with E-state index >= 15 is 0 Å². The maximum absolute atomic E-state index is 12.3. The Balaban J connectivity index is 0.00000676. The maximum atomic E-state index is 12.3. The zero-order chi connectivity index (χ0) is 19.0. The Morgan fingerprint density at radius 3 is 2.19 bits per heavy atom. The molecule has 1 aromatic rings. The average Bonchev–Trinajstić information content (AvgIpc) is 2.66. The monoisotopic (exact) mass is 398 g/mol. The Hall–Kier alpha value is -1.59. The van der Waals surface area contributed by atoms with E-state index in [1.165, 1.54) is 38.5 Å². The van der Waals surface area contributed by atoms with Gasteiger partial charge in [0.25, 0.3) is 0 Å². The van der Waals surface area contributed by atoms with Crippen molar-refractivity contribution in [3.8, 4) is 0 Å². The first kappa shape index (κ1) is 25.4. The van der Waals surface area contributed by atoms with E-state index in [9.17, 15) is 9.59 Å². The molecule has 154 valence electrons. The molecule has 1 aromatic carbocycles. The lowest BCUT2D eigenvalue weighted by Crippen LogP contribution is -2.45. The van der Waals surface area contributed by atoms with Gasteiger partial charge in [0.1, 0.15) is 6.04 Å². The van der Waals surface area contributed by atoms with Crippen LogP contribution in [0, 0.1) is 0 Å². The summed E-state index contributed by atoms with van der Waals surface area (Å²) in [5.41, 5.74) is 6.32. The van der Waals surface area contributed by atoms with E-state index in [2.05, 4.69) is 12.2 Å². The molecule has 1 amide bonds. The Morgan fingerprint density at radius 1 is 1.00 bits per heavy atom. The second kappa shape index (κ2) is 16.6. The van der Waals surface area contributed by atoms with E-state index in [-0.39, 0.29) is 24.9 Å². The number of carbonyl (C=O) groups excluding carboxylic acids is 2. The minimum atomic E-state index is -0.692. The van der Waals surface area contributed by atoms with Gasteiger partial charge in [0.15, 0.2) is 0 Å². The summed E-state index contributed by atoms with van der Waals surface area (Å²) in [6.07, 6.45) is 9.94. The first-order valence-electron chi connectivity index (χ1n) is 9.87. The highest BCUT2D eigenvalue weighted by Crippen LogP contribution is 2.09. The van der Waals surface area contributed by atoms with Gasteiger partial charge in [-0.1, -0.05) is 82.2 Å². The number of carbonyl (C=O) groups is 2. The molecule has 1 rings (SSSR count). The van der Waals surface area contributed by atoms with Crippen LogP contribution in [0.15, 0.2) is 30.3 Å². The van der Waals surface area contributed by atoms with Crippen molar-refractivity contribution in [1.82, 2.24) is 5.32 Å². The summed E-state index contributed by atoms with van der Waals surface area (Å²) in [6, 6.07) is 8.88. The second-order valence-electron chi connectivity index (χ2n) is 6.66. The second-order valence-corrected chi connectivity index (χ2v) is 6.66. The number of halogens is 1. The fourth-order valence-electron chi connectivity index (χ4n) is 2.81. The minimum absolute atomic E-state index is 0. The van der Waals surface area contributed by atoms with Gasteiger partial charge in [-0.15, -0.1) is 12.4 Å². The quantitative estimate of drug-likeness (QED) is 0.369. The Bertz CT molecular complexity index is 511. The van der Waals surface area contributed by atoms with Crippen LogP contribution in [0.25, 0.3) is 0 Å². The molecule has 6 heteroatoms. The summed E-state index contributed by atoms with van der Waals surface area (Å²) in [5.74, 6) is -0.742. The molecule has 0 aliphatic carbocycles. The van der Waals surface area contributed by atoms with Crippen molar-refractivity contribution in [1.29, 1.82) is 0 Å². The van der Waals surface area contributed by atoms with Crippen LogP contribution in [-0.4, -0.2) is 31.1 Å². The third-order valence-corrected chi connectivity index (χ3v) is 4.33. The predicted molar refractivity (Wildman–Crippen MR) is 112 cm³/mol. The van der Waals surface area contributed by atoms with Crippen molar-refractivity contribution in [2.24, 2.45) is 5.73 Å². The van der Waals surface area contributed by atoms with Crippen molar-refractivity contribution < 1.29 is 14.3 Å². The average molecular weight is 399 g/mol. The third-order valence-electron chi connectivity index (χ3n) is 4.33. The van der Waals surface area contributed by atoms with Crippen molar-refractivity contribution in [2.75, 3.05) is 13.2 Å². The first-order valence-corrected chi connectivity index (χ1v) is 9.87. The Kier molecular flexibility index (Phi) is 15.6. The molecular formula is C21H35ClN2O3. The fourth-order valence-corrected chi connectivity index (χ4v) is 2.81. The van der Waals surface area contributed by atoms with Crippen LogP contribution in [-0.2, 0) is 20.7 Å². The molecule has 3 N–H and O–H groups in total. The van der Waals surface area contributed by atoms with Gasteiger partial charge in [-0.3, -0.25) is 4.79 Å². The molecule has 0 saturated carbocycles. The standard InChI is InChI=1S/C21H34N2O3.ClH/c1-2-3-4-5-6-7-8-12-15-26-21(25)19(23-20(24)17-22)16-18-13-10-9-11-14-18;/h9-11,13-14,19H,2-8,12,15-17,22H2,1H3,(H,23,24);1H/t19-;/m0./s1. The van der Waals surface area contributed by atoms with E-state index in [0.717, 1.165) is 18.4 Å². The highest BCUT2D eigenvalue weighted by atomic mass is 35.5. The molecule has 0 spiro atoms. The van der Waals surface area contributed by atoms with Gasteiger partial charge in [-0.05, 0) is 12.0 Å². The molecule has 0 aliphatic heterocycles. The van der Waals surface area contributed by atoms with Crippen LogP contribution >= 0.6 is 12.4 Å². The normalized spacial score (nSPS) is 11.3. The Morgan fingerprint density at radius 2 is 1.59 bits per heavy atom. The van der Waals surface area contributed by atoms with E-state index < -0.39 is 12.0 Å². The van der Waals surface area contributed by atoms with Crippen LogP contribution in [0.5, 0.6) is 0 Å². The molecule has 0 saturated heterocycles. The van der Waals surface area contributed by atoms with Crippen LogP contribution < -0.4 is 11.1 Å².